The minimum atomic E-state index is 0.424. The number of rotatable bonds is 4. The predicted molar refractivity (Wildman–Crippen MR) is 83.2 cm³/mol. The van der Waals surface area contributed by atoms with Crippen molar-refractivity contribution in [3.63, 3.8) is 0 Å². The zero-order valence-electron chi connectivity index (χ0n) is 12.1. The number of benzene rings is 2. The lowest BCUT2D eigenvalue weighted by Gasteiger charge is -2.15. The van der Waals surface area contributed by atoms with Crippen LogP contribution in [0.5, 0.6) is 5.75 Å². The molecule has 0 fully saturated rings. The molecule has 104 valence electrons. The van der Waals surface area contributed by atoms with E-state index in [2.05, 4.69) is 54.7 Å². The van der Waals surface area contributed by atoms with Gasteiger partial charge >= 0.3 is 0 Å². The summed E-state index contributed by atoms with van der Waals surface area (Å²) in [5.74, 6) is 1.05. The summed E-state index contributed by atoms with van der Waals surface area (Å²) < 4.78 is 5.58. The first kappa shape index (κ1) is 13.2. The van der Waals surface area contributed by atoms with Gasteiger partial charge in [-0.1, -0.05) is 31.2 Å². The molecule has 2 nitrogen and oxygen atoms in total. The molecule has 0 saturated heterocycles. The van der Waals surface area contributed by atoms with Gasteiger partial charge in [-0.2, -0.15) is 0 Å². The Labute approximate surface area is 120 Å². The van der Waals surface area contributed by atoms with Crippen molar-refractivity contribution in [1.82, 2.24) is 5.32 Å². The minimum Gasteiger partial charge on any atom is -0.493 e. The monoisotopic (exact) mass is 267 g/mol. The number of hydrogen-bond donors (Lipinski definition) is 1. The third kappa shape index (κ3) is 2.44. The molecule has 20 heavy (non-hydrogen) atoms. The standard InChI is InChI=1S/C18H21NO/c1-3-17(19-2)15-6-4-5-13(11-15)14-7-8-18-16(12-14)9-10-20-18/h4-8,11-12,17,19H,3,9-10H2,1-2H3. The number of hydrogen-bond acceptors (Lipinski definition) is 2. The molecule has 0 radical (unpaired) electrons. The Morgan fingerprint density at radius 1 is 1.15 bits per heavy atom. The Hall–Kier alpha value is -1.80. The van der Waals surface area contributed by atoms with E-state index >= 15 is 0 Å². The fourth-order valence-corrected chi connectivity index (χ4v) is 2.91. The topological polar surface area (TPSA) is 21.3 Å². The molecule has 3 rings (SSSR count). The SMILES string of the molecule is CCC(NC)c1cccc(-c2ccc3c(c2)CCO3)c1. The molecule has 0 spiro atoms. The summed E-state index contributed by atoms with van der Waals surface area (Å²) in [5.41, 5.74) is 5.24. The van der Waals surface area contributed by atoms with Crippen molar-refractivity contribution in [2.24, 2.45) is 0 Å². The zero-order valence-corrected chi connectivity index (χ0v) is 12.1. The highest BCUT2D eigenvalue weighted by atomic mass is 16.5. The molecule has 0 bridgehead atoms. The number of nitrogens with one attached hydrogen (secondary N) is 1. The van der Waals surface area contributed by atoms with Gasteiger partial charge < -0.3 is 10.1 Å². The number of ether oxygens (including phenoxy) is 1. The van der Waals surface area contributed by atoms with Crippen molar-refractivity contribution in [3.8, 4) is 16.9 Å². The van der Waals surface area contributed by atoms with Crippen LogP contribution in [0.1, 0.15) is 30.5 Å². The molecule has 1 unspecified atom stereocenters. The van der Waals surface area contributed by atoms with Gasteiger partial charge in [-0.3, -0.25) is 0 Å². The largest absolute Gasteiger partial charge is 0.493 e. The van der Waals surface area contributed by atoms with Crippen molar-refractivity contribution in [2.45, 2.75) is 25.8 Å². The Morgan fingerprint density at radius 2 is 2.00 bits per heavy atom. The summed E-state index contributed by atoms with van der Waals surface area (Å²) in [4.78, 5) is 0. The van der Waals surface area contributed by atoms with Gasteiger partial charge in [0.2, 0.25) is 0 Å². The van der Waals surface area contributed by atoms with Gasteiger partial charge in [-0.25, -0.2) is 0 Å². The van der Waals surface area contributed by atoms with E-state index in [1.165, 1.54) is 22.3 Å². The maximum absolute atomic E-state index is 5.58. The molecule has 0 amide bonds. The van der Waals surface area contributed by atoms with Crippen LogP contribution in [0.4, 0.5) is 0 Å². The van der Waals surface area contributed by atoms with Gasteiger partial charge in [0, 0.05) is 12.5 Å². The molecule has 1 atom stereocenters. The van der Waals surface area contributed by atoms with E-state index in [9.17, 15) is 0 Å². The second-order valence-electron chi connectivity index (χ2n) is 5.30. The molecule has 1 aliphatic rings. The van der Waals surface area contributed by atoms with Crippen molar-refractivity contribution < 1.29 is 4.74 Å². The molecular formula is C18H21NO. The molecule has 1 aliphatic heterocycles. The second kappa shape index (κ2) is 5.68. The lowest BCUT2D eigenvalue weighted by Crippen LogP contribution is -2.15. The molecule has 1 N–H and O–H groups in total. The summed E-state index contributed by atoms with van der Waals surface area (Å²) in [6.07, 6.45) is 2.12. The van der Waals surface area contributed by atoms with Crippen LogP contribution in [0.3, 0.4) is 0 Å². The highest BCUT2D eigenvalue weighted by Crippen LogP contribution is 2.31. The molecule has 0 aromatic heterocycles. The molecule has 2 aromatic carbocycles. The normalized spacial score (nSPS) is 14.7. The Balaban J connectivity index is 1.96. The van der Waals surface area contributed by atoms with E-state index in [1.54, 1.807) is 0 Å². The van der Waals surface area contributed by atoms with E-state index in [-0.39, 0.29) is 0 Å². The first-order chi connectivity index (χ1) is 9.81. The Morgan fingerprint density at radius 3 is 2.80 bits per heavy atom. The van der Waals surface area contributed by atoms with Crippen LogP contribution in [0.25, 0.3) is 11.1 Å². The lowest BCUT2D eigenvalue weighted by atomic mass is 9.97. The molecule has 2 aromatic rings. The van der Waals surface area contributed by atoms with Crippen molar-refractivity contribution in [2.75, 3.05) is 13.7 Å². The Kier molecular flexibility index (Phi) is 3.75. The van der Waals surface area contributed by atoms with E-state index in [0.717, 1.165) is 25.2 Å². The molecule has 1 heterocycles. The first-order valence-corrected chi connectivity index (χ1v) is 7.35. The van der Waals surface area contributed by atoms with Crippen LogP contribution in [0.2, 0.25) is 0 Å². The van der Waals surface area contributed by atoms with E-state index in [4.69, 9.17) is 4.74 Å². The molecular weight excluding hydrogens is 246 g/mol. The van der Waals surface area contributed by atoms with Gasteiger partial charge in [-0.05, 0) is 53.9 Å². The third-order valence-electron chi connectivity index (χ3n) is 4.07. The van der Waals surface area contributed by atoms with Gasteiger partial charge in [-0.15, -0.1) is 0 Å². The van der Waals surface area contributed by atoms with Gasteiger partial charge in [0.15, 0.2) is 0 Å². The highest BCUT2D eigenvalue weighted by Gasteiger charge is 2.13. The maximum Gasteiger partial charge on any atom is 0.122 e. The third-order valence-corrected chi connectivity index (χ3v) is 4.07. The van der Waals surface area contributed by atoms with Crippen LogP contribution >= 0.6 is 0 Å². The quantitative estimate of drug-likeness (QED) is 0.905. The average molecular weight is 267 g/mol. The average Bonchev–Trinajstić information content (AvgIpc) is 2.96. The smallest absolute Gasteiger partial charge is 0.122 e. The van der Waals surface area contributed by atoms with Crippen LogP contribution in [0.15, 0.2) is 42.5 Å². The fraction of sp³-hybridized carbons (Fsp3) is 0.333. The van der Waals surface area contributed by atoms with Crippen molar-refractivity contribution in [1.29, 1.82) is 0 Å². The van der Waals surface area contributed by atoms with Crippen LogP contribution < -0.4 is 10.1 Å². The van der Waals surface area contributed by atoms with Gasteiger partial charge in [0.05, 0.1) is 6.61 Å². The second-order valence-corrected chi connectivity index (χ2v) is 5.30. The minimum absolute atomic E-state index is 0.424. The van der Waals surface area contributed by atoms with Gasteiger partial charge in [0.25, 0.3) is 0 Å². The lowest BCUT2D eigenvalue weighted by molar-refractivity contribution is 0.357. The van der Waals surface area contributed by atoms with Crippen LogP contribution in [-0.2, 0) is 6.42 Å². The molecule has 2 heteroatoms. The predicted octanol–water partition coefficient (Wildman–Crippen LogP) is 3.96. The van der Waals surface area contributed by atoms with Crippen LogP contribution in [-0.4, -0.2) is 13.7 Å². The van der Waals surface area contributed by atoms with Gasteiger partial charge in [0.1, 0.15) is 5.75 Å². The van der Waals surface area contributed by atoms with E-state index in [0.29, 0.717) is 6.04 Å². The summed E-state index contributed by atoms with van der Waals surface area (Å²) in [7, 11) is 2.02. The molecule has 0 aliphatic carbocycles. The summed E-state index contributed by atoms with van der Waals surface area (Å²) in [5, 5.41) is 3.37. The van der Waals surface area contributed by atoms with Crippen molar-refractivity contribution >= 4 is 0 Å². The number of fused-ring (bicyclic) bond motifs is 1. The van der Waals surface area contributed by atoms with E-state index < -0.39 is 0 Å². The Bertz CT molecular complexity index is 602. The summed E-state index contributed by atoms with van der Waals surface area (Å²) in [6, 6.07) is 15.8. The summed E-state index contributed by atoms with van der Waals surface area (Å²) in [6.45, 7) is 3.02. The highest BCUT2D eigenvalue weighted by molar-refractivity contribution is 5.67. The maximum atomic E-state index is 5.58. The molecule has 0 saturated carbocycles. The summed E-state index contributed by atoms with van der Waals surface area (Å²) >= 11 is 0. The zero-order chi connectivity index (χ0) is 13.9. The first-order valence-electron chi connectivity index (χ1n) is 7.35. The fourth-order valence-electron chi connectivity index (χ4n) is 2.91. The van der Waals surface area contributed by atoms with Crippen molar-refractivity contribution in [3.05, 3.63) is 53.6 Å². The van der Waals surface area contributed by atoms with Crippen LogP contribution in [0, 0.1) is 0 Å². The van der Waals surface area contributed by atoms with E-state index in [1.807, 2.05) is 7.05 Å².